The van der Waals surface area contributed by atoms with Gasteiger partial charge >= 0.3 is 0 Å². The molecule has 0 saturated carbocycles. The molecule has 1 saturated heterocycles. The summed E-state index contributed by atoms with van der Waals surface area (Å²) < 4.78 is 12.6. The van der Waals surface area contributed by atoms with Crippen LogP contribution in [0.4, 0.5) is 11.4 Å². The zero-order chi connectivity index (χ0) is 25.4. The maximum absolute atomic E-state index is 11.8. The number of aromatic nitrogens is 3. The molecule has 1 fully saturated rings. The highest BCUT2D eigenvalue weighted by atomic mass is 35.5. The fraction of sp³-hybridized carbons (Fsp3) is 0.250. The van der Waals surface area contributed by atoms with Crippen molar-refractivity contribution in [2.24, 2.45) is 0 Å². The highest BCUT2D eigenvalue weighted by Gasteiger charge is 2.29. The average Bonchev–Trinajstić information content (AvgIpc) is 2.91. The summed E-state index contributed by atoms with van der Waals surface area (Å²) in [6.45, 7) is 3.98. The number of fused-ring (bicyclic) bond motifs is 2. The second-order valence-corrected chi connectivity index (χ2v) is 9.67. The largest absolute Gasteiger partial charge is 0.456 e. The number of para-hydroxylation sites is 1. The third-order valence-electron chi connectivity index (χ3n) is 6.80. The summed E-state index contributed by atoms with van der Waals surface area (Å²) >= 11 is 6.03. The summed E-state index contributed by atoms with van der Waals surface area (Å²) in [5.41, 5.74) is 5.84. The summed E-state index contributed by atoms with van der Waals surface area (Å²) in [4.78, 5) is 25.0. The van der Waals surface area contributed by atoms with Crippen LogP contribution in [-0.2, 0) is 11.2 Å². The Morgan fingerprint density at radius 2 is 2.05 bits per heavy atom. The number of ether oxygens (including phenoxy) is 2. The van der Waals surface area contributed by atoms with Crippen LogP contribution < -0.4 is 20.5 Å². The Hall–Kier alpha value is -3.88. The normalized spacial score (nSPS) is 17.4. The fourth-order valence-electron chi connectivity index (χ4n) is 4.95. The molecule has 2 aromatic carbocycles. The van der Waals surface area contributed by atoms with Gasteiger partial charge in [0.15, 0.2) is 0 Å². The summed E-state index contributed by atoms with van der Waals surface area (Å²) in [6.07, 6.45) is 3.75. The second-order valence-electron chi connectivity index (χ2n) is 9.29. The zero-order valence-corrected chi connectivity index (χ0v) is 21.0. The quantitative estimate of drug-likeness (QED) is 0.308. The zero-order valence-electron chi connectivity index (χ0n) is 20.3. The van der Waals surface area contributed by atoms with Crippen molar-refractivity contribution >= 4 is 23.0 Å². The van der Waals surface area contributed by atoms with E-state index in [9.17, 15) is 4.79 Å². The van der Waals surface area contributed by atoms with E-state index in [2.05, 4.69) is 49.4 Å². The summed E-state index contributed by atoms with van der Waals surface area (Å²) in [5.74, 6) is 1.70. The predicted octanol–water partition coefficient (Wildman–Crippen LogP) is 5.27. The first-order valence-electron chi connectivity index (χ1n) is 12.3. The van der Waals surface area contributed by atoms with Gasteiger partial charge < -0.3 is 24.7 Å². The van der Waals surface area contributed by atoms with Gasteiger partial charge in [0.1, 0.15) is 29.1 Å². The lowest BCUT2D eigenvalue weighted by Gasteiger charge is -2.36. The Morgan fingerprint density at radius 3 is 2.92 bits per heavy atom. The van der Waals surface area contributed by atoms with Gasteiger partial charge in [-0.3, -0.25) is 4.79 Å². The SMILES string of the molecule is CC(Nc1ccc2c(c1)Cc1cccc(C3CN(c4cc[nH]c(=O)c4)CCO3)c1O2)c1cc(Cl)ncn1. The molecule has 0 bridgehead atoms. The molecule has 2 atom stereocenters. The molecule has 188 valence electrons. The van der Waals surface area contributed by atoms with Crippen LogP contribution in [-0.4, -0.2) is 34.6 Å². The molecule has 37 heavy (non-hydrogen) atoms. The van der Waals surface area contributed by atoms with Crippen molar-refractivity contribution in [3.8, 4) is 11.5 Å². The molecule has 2 N–H and O–H groups in total. The molecule has 2 aliphatic heterocycles. The summed E-state index contributed by atoms with van der Waals surface area (Å²) in [7, 11) is 0. The van der Waals surface area contributed by atoms with Crippen molar-refractivity contribution in [2.75, 3.05) is 29.9 Å². The molecule has 6 rings (SSSR count). The van der Waals surface area contributed by atoms with Crippen molar-refractivity contribution in [3.63, 3.8) is 0 Å². The number of hydrogen-bond donors (Lipinski definition) is 2. The highest BCUT2D eigenvalue weighted by molar-refractivity contribution is 6.29. The van der Waals surface area contributed by atoms with Gasteiger partial charge in [0.2, 0.25) is 5.56 Å². The topological polar surface area (TPSA) is 92.4 Å². The Labute approximate surface area is 219 Å². The van der Waals surface area contributed by atoms with Gasteiger partial charge in [0.05, 0.1) is 18.3 Å². The number of aromatic amines is 1. The number of morpholine rings is 1. The number of anilines is 2. The van der Waals surface area contributed by atoms with Crippen LogP contribution >= 0.6 is 11.6 Å². The van der Waals surface area contributed by atoms with E-state index in [1.54, 1.807) is 18.3 Å². The number of rotatable bonds is 5. The first kappa shape index (κ1) is 23.5. The Bertz CT molecular complexity index is 1510. The van der Waals surface area contributed by atoms with E-state index in [1.165, 1.54) is 6.33 Å². The van der Waals surface area contributed by atoms with E-state index in [0.29, 0.717) is 18.3 Å². The van der Waals surface area contributed by atoms with Gasteiger partial charge in [-0.1, -0.05) is 29.8 Å². The van der Waals surface area contributed by atoms with E-state index in [4.69, 9.17) is 21.1 Å². The number of halogens is 1. The number of H-pyrrole nitrogens is 1. The minimum Gasteiger partial charge on any atom is -0.456 e. The lowest BCUT2D eigenvalue weighted by Crippen LogP contribution is -2.39. The summed E-state index contributed by atoms with van der Waals surface area (Å²) in [6, 6.07) is 17.6. The number of nitrogens with one attached hydrogen (secondary N) is 2. The van der Waals surface area contributed by atoms with Crippen molar-refractivity contribution in [3.05, 3.63) is 105 Å². The molecule has 2 aromatic heterocycles. The van der Waals surface area contributed by atoms with Crippen LogP contribution in [0.2, 0.25) is 5.15 Å². The molecule has 4 aromatic rings. The van der Waals surface area contributed by atoms with Crippen LogP contribution in [0.25, 0.3) is 0 Å². The smallest absolute Gasteiger partial charge is 0.249 e. The van der Waals surface area contributed by atoms with Crippen molar-refractivity contribution in [1.29, 1.82) is 0 Å². The van der Waals surface area contributed by atoms with Crippen LogP contribution in [0.1, 0.15) is 41.5 Å². The molecule has 0 spiro atoms. The maximum Gasteiger partial charge on any atom is 0.249 e. The average molecular weight is 516 g/mol. The Balaban J connectivity index is 1.22. The summed E-state index contributed by atoms with van der Waals surface area (Å²) in [5, 5.41) is 3.92. The van der Waals surface area contributed by atoms with Crippen LogP contribution in [0.3, 0.4) is 0 Å². The molecular formula is C28H26ClN5O3. The standard InChI is InChI=1S/C28H26ClN5O3/c1-17(23-14-26(29)32-16-31-23)33-20-5-6-24-19(12-20)11-18-3-2-4-22(28(18)37-24)25-15-34(9-10-36-25)21-7-8-30-27(35)13-21/h2-8,12-14,16-17,25,33H,9-11,15H2,1H3,(H,30,35). The molecule has 0 amide bonds. The predicted molar refractivity (Wildman–Crippen MR) is 143 cm³/mol. The van der Waals surface area contributed by atoms with Crippen molar-refractivity contribution in [2.45, 2.75) is 25.5 Å². The lowest BCUT2D eigenvalue weighted by molar-refractivity contribution is 0.0384. The first-order valence-corrected chi connectivity index (χ1v) is 12.6. The van der Waals surface area contributed by atoms with E-state index in [-0.39, 0.29) is 17.7 Å². The monoisotopic (exact) mass is 515 g/mol. The van der Waals surface area contributed by atoms with E-state index < -0.39 is 0 Å². The highest BCUT2D eigenvalue weighted by Crippen LogP contribution is 2.43. The van der Waals surface area contributed by atoms with E-state index in [0.717, 1.165) is 58.2 Å². The molecule has 2 aliphatic rings. The number of pyridine rings is 1. The van der Waals surface area contributed by atoms with Crippen molar-refractivity contribution in [1.82, 2.24) is 15.0 Å². The molecule has 8 nitrogen and oxygen atoms in total. The molecule has 2 unspecified atom stereocenters. The Morgan fingerprint density at radius 1 is 1.14 bits per heavy atom. The molecular weight excluding hydrogens is 490 g/mol. The molecule has 4 heterocycles. The van der Waals surface area contributed by atoms with Gasteiger partial charge in [-0.15, -0.1) is 0 Å². The number of benzene rings is 2. The molecule has 9 heteroatoms. The van der Waals surface area contributed by atoms with E-state index >= 15 is 0 Å². The maximum atomic E-state index is 11.8. The van der Waals surface area contributed by atoms with Gasteiger partial charge in [-0.25, -0.2) is 9.97 Å². The van der Waals surface area contributed by atoms with Gasteiger partial charge in [-0.2, -0.15) is 0 Å². The number of nitrogens with zero attached hydrogens (tertiary/aromatic N) is 3. The second kappa shape index (κ2) is 9.88. The Kier molecular flexibility index (Phi) is 6.28. The van der Waals surface area contributed by atoms with Crippen LogP contribution in [0, 0.1) is 0 Å². The minimum atomic E-state index is -0.161. The van der Waals surface area contributed by atoms with Gasteiger partial charge in [0, 0.05) is 54.3 Å². The third kappa shape index (κ3) is 4.90. The van der Waals surface area contributed by atoms with Crippen LogP contribution in [0.5, 0.6) is 11.5 Å². The van der Waals surface area contributed by atoms with E-state index in [1.807, 2.05) is 25.1 Å². The third-order valence-corrected chi connectivity index (χ3v) is 7.01. The lowest BCUT2D eigenvalue weighted by atomic mass is 9.95. The molecule has 0 aliphatic carbocycles. The number of hydrogen-bond acceptors (Lipinski definition) is 7. The first-order chi connectivity index (χ1) is 18.0. The fourth-order valence-corrected chi connectivity index (χ4v) is 5.11. The molecule has 0 radical (unpaired) electrons. The van der Waals surface area contributed by atoms with Crippen molar-refractivity contribution < 1.29 is 9.47 Å². The van der Waals surface area contributed by atoms with Gasteiger partial charge in [0.25, 0.3) is 0 Å². The van der Waals surface area contributed by atoms with Crippen LogP contribution in [0.15, 0.2) is 71.9 Å². The van der Waals surface area contributed by atoms with Gasteiger partial charge in [-0.05, 0) is 42.8 Å². The minimum absolute atomic E-state index is 0.0338.